The van der Waals surface area contributed by atoms with Gasteiger partial charge in [-0.15, -0.1) is 0 Å². The molecule has 0 unspecified atom stereocenters. The van der Waals surface area contributed by atoms with Gasteiger partial charge in [0.05, 0.1) is 23.8 Å². The van der Waals surface area contributed by atoms with E-state index in [2.05, 4.69) is 5.16 Å². The number of nitro groups is 1. The van der Waals surface area contributed by atoms with Gasteiger partial charge in [-0.3, -0.25) is 10.1 Å². The van der Waals surface area contributed by atoms with Crippen molar-refractivity contribution in [1.29, 1.82) is 0 Å². The van der Waals surface area contributed by atoms with Gasteiger partial charge in [0, 0.05) is 11.6 Å². The Hall–Kier alpha value is -3.30. The molecular formula is C15H11F3N2O5. The van der Waals surface area contributed by atoms with E-state index in [1.165, 1.54) is 25.3 Å². The number of hydrogen-bond donors (Lipinski definition) is 1. The first-order valence-electron chi connectivity index (χ1n) is 6.65. The molecule has 0 aromatic heterocycles. The summed E-state index contributed by atoms with van der Waals surface area (Å²) >= 11 is 0. The number of alkyl halides is 3. The van der Waals surface area contributed by atoms with E-state index in [9.17, 15) is 23.3 Å². The third-order valence-electron chi connectivity index (χ3n) is 3.10. The monoisotopic (exact) mass is 356 g/mol. The van der Waals surface area contributed by atoms with Crippen molar-refractivity contribution in [3.8, 4) is 17.2 Å². The molecule has 0 saturated heterocycles. The Kier molecular flexibility index (Phi) is 5.11. The second-order valence-corrected chi connectivity index (χ2v) is 4.69. The Labute approximate surface area is 139 Å². The summed E-state index contributed by atoms with van der Waals surface area (Å²) in [6.07, 6.45) is -3.60. The van der Waals surface area contributed by atoms with Crippen LogP contribution in [0.5, 0.6) is 17.2 Å². The van der Waals surface area contributed by atoms with Gasteiger partial charge in [-0.25, -0.2) is 0 Å². The molecule has 1 N–H and O–H groups in total. The molecule has 0 fully saturated rings. The Morgan fingerprint density at radius 2 is 1.84 bits per heavy atom. The SMILES string of the molecule is COc1cc(/C=N\O)ccc1Oc1ccc(C(F)(F)F)cc1[N+](=O)[O-]. The van der Waals surface area contributed by atoms with Crippen molar-refractivity contribution in [3.63, 3.8) is 0 Å². The molecule has 0 aliphatic carbocycles. The largest absolute Gasteiger partial charge is 0.493 e. The minimum absolute atomic E-state index is 0.0421. The standard InChI is InChI=1S/C15H11F3N2O5/c1-24-14-6-9(8-19-21)2-4-13(14)25-12-5-3-10(15(16,17)18)7-11(12)20(22)23/h2-8,21H,1H3/b19-8-. The number of nitro benzene ring substituents is 1. The Morgan fingerprint density at radius 1 is 1.16 bits per heavy atom. The minimum atomic E-state index is -4.72. The van der Waals surface area contributed by atoms with Gasteiger partial charge in [0.1, 0.15) is 0 Å². The van der Waals surface area contributed by atoms with Crippen LogP contribution in [-0.2, 0) is 6.18 Å². The molecule has 0 saturated carbocycles. The molecule has 0 spiro atoms. The smallest absolute Gasteiger partial charge is 0.416 e. The maximum absolute atomic E-state index is 12.7. The maximum atomic E-state index is 12.7. The molecule has 2 aromatic carbocycles. The van der Waals surface area contributed by atoms with Crippen LogP contribution in [0.4, 0.5) is 18.9 Å². The second kappa shape index (κ2) is 7.07. The van der Waals surface area contributed by atoms with Crippen LogP contribution >= 0.6 is 0 Å². The van der Waals surface area contributed by atoms with E-state index in [4.69, 9.17) is 14.7 Å². The van der Waals surface area contributed by atoms with Gasteiger partial charge in [-0.2, -0.15) is 13.2 Å². The highest BCUT2D eigenvalue weighted by atomic mass is 19.4. The van der Waals surface area contributed by atoms with E-state index in [1.54, 1.807) is 0 Å². The molecule has 7 nitrogen and oxygen atoms in total. The lowest BCUT2D eigenvalue weighted by atomic mass is 10.1. The highest BCUT2D eigenvalue weighted by molar-refractivity contribution is 5.80. The van der Waals surface area contributed by atoms with E-state index in [1.807, 2.05) is 0 Å². The third-order valence-corrected chi connectivity index (χ3v) is 3.10. The first kappa shape index (κ1) is 18.0. The zero-order valence-corrected chi connectivity index (χ0v) is 12.6. The van der Waals surface area contributed by atoms with Crippen LogP contribution in [0.2, 0.25) is 0 Å². The van der Waals surface area contributed by atoms with Crippen LogP contribution in [0.3, 0.4) is 0 Å². The molecule has 0 aliphatic heterocycles. The predicted molar refractivity (Wildman–Crippen MR) is 80.5 cm³/mol. The molecule has 0 bridgehead atoms. The molecule has 0 aliphatic rings. The molecule has 2 rings (SSSR count). The van der Waals surface area contributed by atoms with Crippen LogP contribution in [0.15, 0.2) is 41.6 Å². The lowest BCUT2D eigenvalue weighted by Gasteiger charge is -2.12. The van der Waals surface area contributed by atoms with Gasteiger partial charge >= 0.3 is 11.9 Å². The first-order chi connectivity index (χ1) is 11.8. The molecule has 132 valence electrons. The lowest BCUT2D eigenvalue weighted by Crippen LogP contribution is -2.06. The molecular weight excluding hydrogens is 345 g/mol. The number of halogens is 3. The van der Waals surface area contributed by atoms with E-state index < -0.39 is 22.4 Å². The lowest BCUT2D eigenvalue weighted by molar-refractivity contribution is -0.385. The van der Waals surface area contributed by atoms with Crippen molar-refractivity contribution >= 4 is 11.9 Å². The number of methoxy groups -OCH3 is 1. The molecule has 0 radical (unpaired) electrons. The van der Waals surface area contributed by atoms with E-state index in [-0.39, 0.29) is 17.2 Å². The Bertz CT molecular complexity index is 821. The van der Waals surface area contributed by atoms with Gasteiger partial charge in [0.25, 0.3) is 0 Å². The zero-order chi connectivity index (χ0) is 18.6. The summed E-state index contributed by atoms with van der Waals surface area (Å²) < 4.78 is 48.5. The molecule has 25 heavy (non-hydrogen) atoms. The molecule has 0 amide bonds. The topological polar surface area (TPSA) is 94.2 Å². The van der Waals surface area contributed by atoms with Crippen molar-refractivity contribution < 1.29 is 32.8 Å². The van der Waals surface area contributed by atoms with Gasteiger partial charge < -0.3 is 14.7 Å². The molecule has 0 atom stereocenters. The quantitative estimate of drug-likeness (QED) is 0.375. The Morgan fingerprint density at radius 3 is 2.40 bits per heavy atom. The number of oxime groups is 1. The predicted octanol–water partition coefficient (Wildman–Crippen LogP) is 4.22. The van der Waals surface area contributed by atoms with Crippen molar-refractivity contribution in [2.75, 3.05) is 7.11 Å². The van der Waals surface area contributed by atoms with Gasteiger partial charge in [-0.1, -0.05) is 5.16 Å². The number of rotatable bonds is 5. The number of benzene rings is 2. The molecule has 10 heteroatoms. The summed E-state index contributed by atoms with van der Waals surface area (Å²) in [5.41, 5.74) is -1.54. The van der Waals surface area contributed by atoms with Crippen molar-refractivity contribution in [1.82, 2.24) is 0 Å². The summed E-state index contributed by atoms with van der Waals surface area (Å²) in [5, 5.41) is 22.4. The van der Waals surface area contributed by atoms with Gasteiger partial charge in [-0.05, 0) is 30.3 Å². The van der Waals surface area contributed by atoms with Crippen LogP contribution in [0.25, 0.3) is 0 Å². The normalized spacial score (nSPS) is 11.5. The highest BCUT2D eigenvalue weighted by Gasteiger charge is 2.33. The van der Waals surface area contributed by atoms with E-state index in [0.717, 1.165) is 12.3 Å². The number of nitrogens with zero attached hydrogens (tertiary/aromatic N) is 2. The van der Waals surface area contributed by atoms with Crippen molar-refractivity contribution in [2.45, 2.75) is 6.18 Å². The second-order valence-electron chi connectivity index (χ2n) is 4.69. The summed E-state index contributed by atoms with van der Waals surface area (Å²) in [7, 11) is 1.31. The van der Waals surface area contributed by atoms with Crippen molar-refractivity contribution in [3.05, 3.63) is 57.6 Å². The Balaban J connectivity index is 2.45. The fourth-order valence-corrected chi connectivity index (χ4v) is 1.96. The van der Waals surface area contributed by atoms with Gasteiger partial charge in [0.2, 0.25) is 5.75 Å². The van der Waals surface area contributed by atoms with E-state index in [0.29, 0.717) is 17.7 Å². The van der Waals surface area contributed by atoms with Crippen molar-refractivity contribution in [2.24, 2.45) is 5.16 Å². The maximum Gasteiger partial charge on any atom is 0.416 e. The zero-order valence-electron chi connectivity index (χ0n) is 12.6. The molecule has 0 heterocycles. The molecule has 2 aromatic rings. The average molecular weight is 356 g/mol. The average Bonchev–Trinajstić information content (AvgIpc) is 2.55. The summed E-state index contributed by atoms with van der Waals surface area (Å²) in [6.45, 7) is 0. The fourth-order valence-electron chi connectivity index (χ4n) is 1.96. The minimum Gasteiger partial charge on any atom is -0.493 e. The third kappa shape index (κ3) is 4.16. The fraction of sp³-hybridized carbons (Fsp3) is 0.133. The summed E-state index contributed by atoms with van der Waals surface area (Å²) in [5.74, 6) is -0.188. The van der Waals surface area contributed by atoms with Gasteiger partial charge in [0.15, 0.2) is 11.5 Å². The first-order valence-corrected chi connectivity index (χ1v) is 6.65. The summed E-state index contributed by atoms with van der Waals surface area (Å²) in [6, 6.07) is 6.20. The summed E-state index contributed by atoms with van der Waals surface area (Å²) in [4.78, 5) is 10.1. The number of hydrogen-bond acceptors (Lipinski definition) is 6. The van der Waals surface area contributed by atoms with Crippen LogP contribution in [0, 0.1) is 10.1 Å². The van der Waals surface area contributed by atoms with E-state index >= 15 is 0 Å². The van der Waals surface area contributed by atoms with Crippen LogP contribution in [0.1, 0.15) is 11.1 Å². The van der Waals surface area contributed by atoms with Crippen LogP contribution < -0.4 is 9.47 Å². The van der Waals surface area contributed by atoms with Crippen LogP contribution in [-0.4, -0.2) is 23.5 Å². The highest BCUT2D eigenvalue weighted by Crippen LogP contribution is 2.40. The number of ether oxygens (including phenoxy) is 2.